The molecule has 0 bridgehead atoms. The van der Waals surface area contributed by atoms with Crippen molar-refractivity contribution >= 4 is 11.9 Å². The monoisotopic (exact) mass is 344 g/mol. The smallest absolute Gasteiger partial charge is 0.317 e. The van der Waals surface area contributed by atoms with Crippen molar-refractivity contribution in [2.24, 2.45) is 0 Å². The molecule has 0 aromatic heterocycles. The molecule has 0 aliphatic carbocycles. The van der Waals surface area contributed by atoms with Gasteiger partial charge >= 0.3 is 5.97 Å². The van der Waals surface area contributed by atoms with Crippen molar-refractivity contribution in [1.82, 2.24) is 10.2 Å². The van der Waals surface area contributed by atoms with E-state index in [1.165, 1.54) is 4.90 Å². The third kappa shape index (κ3) is 13.0. The number of rotatable bonds is 15. The number of carbonyl (C=O) groups is 2. The maximum atomic E-state index is 11.7. The van der Waals surface area contributed by atoms with Gasteiger partial charge in [0.25, 0.3) is 0 Å². The van der Waals surface area contributed by atoms with Gasteiger partial charge in [-0.15, -0.1) is 0 Å². The summed E-state index contributed by atoms with van der Waals surface area (Å²) in [6, 6.07) is 0. The topological polar surface area (TPSA) is 110 Å². The number of nitrogens with one attached hydrogen (secondary N) is 1. The van der Waals surface area contributed by atoms with Crippen LogP contribution in [0.15, 0.2) is 12.2 Å². The minimum absolute atomic E-state index is 0.0744. The average Bonchev–Trinajstić information content (AvgIpc) is 2.55. The molecule has 4 N–H and O–H groups in total. The van der Waals surface area contributed by atoms with Crippen LogP contribution in [-0.4, -0.2) is 64.6 Å². The molecule has 0 radical (unpaired) electrons. The standard InChI is InChI=1S/C17H32N2O5/c1-2-3-4-5-6-7-8-9-10-15(21)18-11-12-19(13-17(23)24)16(22)14-20/h3-4,16,20,22H,2,5-14H2,1H3,(H,18,21)(H,23,24)/b4-3+. The number of aliphatic hydroxyl groups is 2. The predicted molar refractivity (Wildman–Crippen MR) is 92.4 cm³/mol. The molecule has 7 nitrogen and oxygen atoms in total. The van der Waals surface area contributed by atoms with Crippen molar-refractivity contribution in [1.29, 1.82) is 0 Å². The van der Waals surface area contributed by atoms with E-state index in [0.29, 0.717) is 6.42 Å². The molecule has 140 valence electrons. The van der Waals surface area contributed by atoms with E-state index in [0.717, 1.165) is 38.5 Å². The zero-order chi connectivity index (χ0) is 18.2. The summed E-state index contributed by atoms with van der Waals surface area (Å²) < 4.78 is 0. The first kappa shape index (κ1) is 22.6. The Morgan fingerprint density at radius 1 is 1.17 bits per heavy atom. The van der Waals surface area contributed by atoms with Gasteiger partial charge in [-0.1, -0.05) is 31.9 Å². The van der Waals surface area contributed by atoms with Gasteiger partial charge in [-0.25, -0.2) is 0 Å². The molecule has 0 saturated carbocycles. The molecule has 1 unspecified atom stereocenters. The van der Waals surface area contributed by atoms with E-state index in [2.05, 4.69) is 24.4 Å². The zero-order valence-electron chi connectivity index (χ0n) is 14.6. The fourth-order valence-electron chi connectivity index (χ4n) is 2.24. The second-order valence-corrected chi connectivity index (χ2v) is 5.71. The van der Waals surface area contributed by atoms with E-state index in [-0.39, 0.29) is 25.5 Å². The molecule has 0 aliphatic rings. The molecular weight excluding hydrogens is 312 g/mol. The van der Waals surface area contributed by atoms with Gasteiger partial charge in [-0.05, 0) is 25.7 Å². The average molecular weight is 344 g/mol. The van der Waals surface area contributed by atoms with Crippen LogP contribution in [-0.2, 0) is 9.59 Å². The minimum atomic E-state index is -1.24. The van der Waals surface area contributed by atoms with Gasteiger partial charge in [0, 0.05) is 19.5 Å². The number of nitrogens with zero attached hydrogens (tertiary/aromatic N) is 1. The Labute approximate surface area is 144 Å². The number of carboxylic acid groups (broad SMARTS) is 1. The summed E-state index contributed by atoms with van der Waals surface area (Å²) in [5.74, 6) is -1.17. The van der Waals surface area contributed by atoms with Crippen LogP contribution in [0.25, 0.3) is 0 Å². The van der Waals surface area contributed by atoms with E-state index in [9.17, 15) is 14.7 Å². The molecule has 0 heterocycles. The second-order valence-electron chi connectivity index (χ2n) is 5.71. The van der Waals surface area contributed by atoms with Gasteiger partial charge in [0.05, 0.1) is 13.2 Å². The lowest BCUT2D eigenvalue weighted by Crippen LogP contribution is -2.45. The first-order valence-electron chi connectivity index (χ1n) is 8.67. The molecule has 0 fully saturated rings. The fourth-order valence-corrected chi connectivity index (χ4v) is 2.24. The molecule has 0 saturated heterocycles. The van der Waals surface area contributed by atoms with E-state index >= 15 is 0 Å². The third-order valence-electron chi connectivity index (χ3n) is 3.57. The van der Waals surface area contributed by atoms with E-state index < -0.39 is 18.8 Å². The van der Waals surface area contributed by atoms with Crippen LogP contribution in [0.3, 0.4) is 0 Å². The van der Waals surface area contributed by atoms with E-state index in [1.807, 2.05) is 0 Å². The highest BCUT2D eigenvalue weighted by Crippen LogP contribution is 2.06. The SMILES string of the molecule is CC/C=C/CCCCCCC(=O)NCCN(CC(=O)O)C(O)CO. The highest BCUT2D eigenvalue weighted by Gasteiger charge is 2.17. The van der Waals surface area contributed by atoms with Crippen molar-refractivity contribution in [3.05, 3.63) is 12.2 Å². The maximum absolute atomic E-state index is 11.7. The van der Waals surface area contributed by atoms with Crippen molar-refractivity contribution in [2.75, 3.05) is 26.2 Å². The van der Waals surface area contributed by atoms with Crippen molar-refractivity contribution in [3.63, 3.8) is 0 Å². The van der Waals surface area contributed by atoms with Crippen LogP contribution >= 0.6 is 0 Å². The summed E-state index contributed by atoms with van der Waals surface area (Å²) in [7, 11) is 0. The summed E-state index contributed by atoms with van der Waals surface area (Å²) in [6.07, 6.45) is 9.82. The lowest BCUT2D eigenvalue weighted by atomic mass is 10.1. The number of allylic oxidation sites excluding steroid dienone is 2. The summed E-state index contributed by atoms with van der Waals surface area (Å²) in [4.78, 5) is 23.6. The number of carboxylic acids is 1. The molecule has 0 rings (SSSR count). The molecule has 1 atom stereocenters. The van der Waals surface area contributed by atoms with Crippen molar-refractivity contribution in [3.8, 4) is 0 Å². The largest absolute Gasteiger partial charge is 0.480 e. The van der Waals surface area contributed by atoms with Crippen LogP contribution in [0.4, 0.5) is 0 Å². The Morgan fingerprint density at radius 3 is 2.50 bits per heavy atom. The molecule has 0 aromatic rings. The minimum Gasteiger partial charge on any atom is -0.480 e. The number of hydrogen-bond donors (Lipinski definition) is 4. The number of amides is 1. The Kier molecular flexibility index (Phi) is 14.2. The summed E-state index contributed by atoms with van der Waals surface area (Å²) in [5, 5.41) is 29.8. The quantitative estimate of drug-likeness (QED) is 0.201. The Morgan fingerprint density at radius 2 is 1.88 bits per heavy atom. The van der Waals surface area contributed by atoms with Crippen LogP contribution in [0.5, 0.6) is 0 Å². The Hall–Kier alpha value is -1.44. The highest BCUT2D eigenvalue weighted by atomic mass is 16.4. The van der Waals surface area contributed by atoms with Gasteiger partial charge in [0.15, 0.2) is 0 Å². The summed E-state index contributed by atoms with van der Waals surface area (Å²) in [5.41, 5.74) is 0. The molecule has 7 heteroatoms. The van der Waals surface area contributed by atoms with Crippen molar-refractivity contribution in [2.45, 2.75) is 58.1 Å². The third-order valence-corrected chi connectivity index (χ3v) is 3.57. The normalized spacial score (nSPS) is 12.7. The van der Waals surface area contributed by atoms with Crippen LogP contribution in [0.2, 0.25) is 0 Å². The maximum Gasteiger partial charge on any atom is 0.317 e. The number of carbonyl (C=O) groups excluding carboxylic acids is 1. The first-order valence-corrected chi connectivity index (χ1v) is 8.67. The number of hydrogen-bond acceptors (Lipinski definition) is 5. The molecular formula is C17H32N2O5. The van der Waals surface area contributed by atoms with E-state index in [4.69, 9.17) is 10.2 Å². The molecule has 24 heavy (non-hydrogen) atoms. The van der Waals surface area contributed by atoms with Crippen molar-refractivity contribution < 1.29 is 24.9 Å². The molecule has 0 spiro atoms. The van der Waals surface area contributed by atoms with Crippen LogP contribution in [0.1, 0.15) is 51.9 Å². The second kappa shape index (κ2) is 15.1. The zero-order valence-corrected chi connectivity index (χ0v) is 14.6. The molecule has 1 amide bonds. The van der Waals surface area contributed by atoms with Gasteiger partial charge in [0.1, 0.15) is 6.23 Å². The molecule has 0 aromatic carbocycles. The molecule has 0 aliphatic heterocycles. The number of aliphatic hydroxyl groups excluding tert-OH is 2. The van der Waals surface area contributed by atoms with E-state index in [1.54, 1.807) is 0 Å². The summed E-state index contributed by atoms with van der Waals surface area (Å²) in [6.45, 7) is 1.59. The number of unbranched alkanes of at least 4 members (excludes halogenated alkanes) is 4. The predicted octanol–water partition coefficient (Wildman–Crippen LogP) is 1.11. The van der Waals surface area contributed by atoms with Gasteiger partial charge in [-0.3, -0.25) is 14.5 Å². The van der Waals surface area contributed by atoms with Gasteiger partial charge in [0.2, 0.25) is 5.91 Å². The number of aliphatic carboxylic acids is 1. The van der Waals surface area contributed by atoms with Crippen LogP contribution < -0.4 is 5.32 Å². The lowest BCUT2D eigenvalue weighted by molar-refractivity contribution is -0.142. The van der Waals surface area contributed by atoms with Gasteiger partial charge in [-0.2, -0.15) is 0 Å². The van der Waals surface area contributed by atoms with Gasteiger partial charge < -0.3 is 20.6 Å². The fraction of sp³-hybridized carbons (Fsp3) is 0.765. The Bertz CT molecular complexity index is 374. The lowest BCUT2D eigenvalue weighted by Gasteiger charge is -2.24. The highest BCUT2D eigenvalue weighted by molar-refractivity contribution is 5.75. The first-order chi connectivity index (χ1) is 11.5. The summed E-state index contributed by atoms with van der Waals surface area (Å²) >= 11 is 0. The Balaban J connectivity index is 3.73. The van der Waals surface area contributed by atoms with Crippen LogP contribution in [0, 0.1) is 0 Å².